The zero-order chi connectivity index (χ0) is 11.1. The van der Waals surface area contributed by atoms with Crippen molar-refractivity contribution in [3.8, 4) is 6.07 Å². The predicted molar refractivity (Wildman–Crippen MR) is 58.0 cm³/mol. The first-order valence-electron chi connectivity index (χ1n) is 5.26. The number of nitrogens with zero attached hydrogens (tertiary/aromatic N) is 2. The molecule has 0 radical (unpaired) electrons. The molecule has 0 aromatic carbocycles. The van der Waals surface area contributed by atoms with Crippen molar-refractivity contribution < 1.29 is 4.79 Å². The van der Waals surface area contributed by atoms with Crippen molar-refractivity contribution in [3.05, 3.63) is 12.7 Å². The first-order valence-corrected chi connectivity index (χ1v) is 5.26. The van der Waals surface area contributed by atoms with E-state index in [0.29, 0.717) is 12.5 Å². The Balaban J connectivity index is 2.17. The largest absolute Gasteiger partial charge is 0.352 e. The molecule has 0 saturated carbocycles. The van der Waals surface area contributed by atoms with E-state index < -0.39 is 0 Å². The molecule has 1 aliphatic heterocycles. The van der Waals surface area contributed by atoms with Crippen LogP contribution in [0, 0.1) is 17.2 Å². The molecule has 1 rings (SSSR count). The van der Waals surface area contributed by atoms with Crippen LogP contribution in [0.1, 0.15) is 12.8 Å². The van der Waals surface area contributed by atoms with Gasteiger partial charge in [-0.3, -0.25) is 9.69 Å². The highest BCUT2D eigenvalue weighted by atomic mass is 16.1. The van der Waals surface area contributed by atoms with Crippen molar-refractivity contribution in [1.82, 2.24) is 10.2 Å². The summed E-state index contributed by atoms with van der Waals surface area (Å²) in [5.41, 5.74) is 0. The predicted octanol–water partition coefficient (Wildman–Crippen LogP) is 0.524. The zero-order valence-electron chi connectivity index (χ0n) is 8.91. The van der Waals surface area contributed by atoms with E-state index in [1.807, 2.05) is 0 Å². The first-order chi connectivity index (χ1) is 7.26. The third-order valence-corrected chi connectivity index (χ3v) is 2.75. The molecule has 0 aromatic rings. The van der Waals surface area contributed by atoms with E-state index >= 15 is 0 Å². The molecule has 0 spiro atoms. The van der Waals surface area contributed by atoms with E-state index in [-0.39, 0.29) is 5.91 Å². The molecule has 82 valence electrons. The fraction of sp³-hybridized carbons (Fsp3) is 0.636. The molecule has 1 fully saturated rings. The van der Waals surface area contributed by atoms with E-state index in [1.54, 1.807) is 0 Å². The standard InChI is InChI=1S/C11H17N3O/c1-2-11(15)13-9-10-3-6-14(7-4-10)8-5-12/h2,10H,1,3-4,6-9H2,(H,13,15). The summed E-state index contributed by atoms with van der Waals surface area (Å²) in [6.45, 7) is 6.57. The molecule has 0 aliphatic carbocycles. The van der Waals surface area contributed by atoms with Gasteiger partial charge in [-0.1, -0.05) is 6.58 Å². The van der Waals surface area contributed by atoms with Gasteiger partial charge in [0.25, 0.3) is 0 Å². The second-order valence-electron chi connectivity index (χ2n) is 3.83. The lowest BCUT2D eigenvalue weighted by molar-refractivity contribution is -0.116. The molecule has 1 aliphatic rings. The Morgan fingerprint density at radius 3 is 2.80 bits per heavy atom. The second kappa shape index (κ2) is 6.20. The van der Waals surface area contributed by atoms with Crippen molar-refractivity contribution >= 4 is 5.91 Å². The Hall–Kier alpha value is -1.34. The average molecular weight is 207 g/mol. The lowest BCUT2D eigenvalue weighted by Gasteiger charge is -2.30. The molecule has 0 bridgehead atoms. The minimum Gasteiger partial charge on any atom is -0.352 e. The third kappa shape index (κ3) is 4.13. The number of rotatable bonds is 4. The highest BCUT2D eigenvalue weighted by molar-refractivity contribution is 5.86. The monoisotopic (exact) mass is 207 g/mol. The van der Waals surface area contributed by atoms with Crippen LogP contribution in [0.3, 0.4) is 0 Å². The van der Waals surface area contributed by atoms with Crippen LogP contribution in [0.25, 0.3) is 0 Å². The van der Waals surface area contributed by atoms with E-state index in [4.69, 9.17) is 5.26 Å². The maximum absolute atomic E-state index is 10.9. The summed E-state index contributed by atoms with van der Waals surface area (Å²) in [7, 11) is 0. The molecule has 0 aromatic heterocycles. The average Bonchev–Trinajstić information content (AvgIpc) is 2.28. The Morgan fingerprint density at radius 1 is 1.60 bits per heavy atom. The number of hydrogen-bond acceptors (Lipinski definition) is 3. The lowest BCUT2D eigenvalue weighted by Crippen LogP contribution is -2.38. The summed E-state index contributed by atoms with van der Waals surface area (Å²) >= 11 is 0. The molecule has 0 unspecified atom stereocenters. The number of piperidine rings is 1. The molecule has 4 heteroatoms. The molecular formula is C11H17N3O. The van der Waals surface area contributed by atoms with Crippen LogP contribution < -0.4 is 5.32 Å². The fourth-order valence-corrected chi connectivity index (χ4v) is 1.77. The summed E-state index contributed by atoms with van der Waals surface area (Å²) in [6.07, 6.45) is 3.41. The summed E-state index contributed by atoms with van der Waals surface area (Å²) in [5, 5.41) is 11.3. The first kappa shape index (κ1) is 11.7. The van der Waals surface area contributed by atoms with Gasteiger partial charge in [0.15, 0.2) is 0 Å². The summed E-state index contributed by atoms with van der Waals surface area (Å²) in [4.78, 5) is 13.1. The van der Waals surface area contributed by atoms with Crippen molar-refractivity contribution in [2.45, 2.75) is 12.8 Å². The van der Waals surface area contributed by atoms with Crippen LogP contribution in [0.15, 0.2) is 12.7 Å². The fourth-order valence-electron chi connectivity index (χ4n) is 1.77. The van der Waals surface area contributed by atoms with Gasteiger partial charge in [-0.25, -0.2) is 0 Å². The highest BCUT2D eigenvalue weighted by Crippen LogP contribution is 2.15. The molecular weight excluding hydrogens is 190 g/mol. The minimum absolute atomic E-state index is 0.102. The minimum atomic E-state index is -0.102. The van der Waals surface area contributed by atoms with Gasteiger partial charge in [0.1, 0.15) is 0 Å². The van der Waals surface area contributed by atoms with Gasteiger partial charge in [-0.15, -0.1) is 0 Å². The van der Waals surface area contributed by atoms with Gasteiger partial charge >= 0.3 is 0 Å². The normalized spacial score (nSPS) is 18.1. The zero-order valence-corrected chi connectivity index (χ0v) is 8.91. The van der Waals surface area contributed by atoms with E-state index in [1.165, 1.54) is 6.08 Å². The molecule has 0 atom stereocenters. The Kier molecular flexibility index (Phi) is 4.85. The lowest BCUT2D eigenvalue weighted by atomic mass is 9.97. The molecule has 1 amide bonds. The van der Waals surface area contributed by atoms with Gasteiger partial charge in [-0.2, -0.15) is 5.26 Å². The topological polar surface area (TPSA) is 56.1 Å². The van der Waals surface area contributed by atoms with Gasteiger partial charge in [0.2, 0.25) is 5.91 Å². The molecule has 4 nitrogen and oxygen atoms in total. The van der Waals surface area contributed by atoms with Gasteiger partial charge in [-0.05, 0) is 37.9 Å². The van der Waals surface area contributed by atoms with E-state index in [2.05, 4.69) is 22.9 Å². The van der Waals surface area contributed by atoms with Crippen molar-refractivity contribution in [2.24, 2.45) is 5.92 Å². The van der Waals surface area contributed by atoms with Gasteiger partial charge < -0.3 is 5.32 Å². The quantitative estimate of drug-likeness (QED) is 0.540. The van der Waals surface area contributed by atoms with Crippen LogP contribution in [0.4, 0.5) is 0 Å². The van der Waals surface area contributed by atoms with Gasteiger partial charge in [0.05, 0.1) is 12.6 Å². The Bertz CT molecular complexity index is 261. The number of likely N-dealkylation sites (tertiary alicyclic amines) is 1. The smallest absolute Gasteiger partial charge is 0.243 e. The van der Waals surface area contributed by atoms with Crippen molar-refractivity contribution in [1.29, 1.82) is 5.26 Å². The number of nitriles is 1. The van der Waals surface area contributed by atoms with Crippen molar-refractivity contribution in [2.75, 3.05) is 26.2 Å². The number of carbonyl (C=O) groups excluding carboxylic acids is 1. The third-order valence-electron chi connectivity index (χ3n) is 2.75. The van der Waals surface area contributed by atoms with E-state index in [9.17, 15) is 4.79 Å². The van der Waals surface area contributed by atoms with Crippen LogP contribution in [-0.2, 0) is 4.79 Å². The Morgan fingerprint density at radius 2 is 2.27 bits per heavy atom. The van der Waals surface area contributed by atoms with E-state index in [0.717, 1.165) is 32.5 Å². The van der Waals surface area contributed by atoms with Crippen LogP contribution in [0.5, 0.6) is 0 Å². The second-order valence-corrected chi connectivity index (χ2v) is 3.83. The molecule has 1 heterocycles. The Labute approximate surface area is 90.6 Å². The van der Waals surface area contributed by atoms with Crippen LogP contribution >= 0.6 is 0 Å². The highest BCUT2D eigenvalue weighted by Gasteiger charge is 2.18. The van der Waals surface area contributed by atoms with Gasteiger partial charge in [0, 0.05) is 6.54 Å². The summed E-state index contributed by atoms with van der Waals surface area (Å²) in [5.74, 6) is 0.443. The summed E-state index contributed by atoms with van der Waals surface area (Å²) < 4.78 is 0. The number of carbonyl (C=O) groups is 1. The maximum Gasteiger partial charge on any atom is 0.243 e. The van der Waals surface area contributed by atoms with Crippen LogP contribution in [0.2, 0.25) is 0 Å². The molecule has 1 saturated heterocycles. The maximum atomic E-state index is 10.9. The number of amides is 1. The van der Waals surface area contributed by atoms with Crippen molar-refractivity contribution in [3.63, 3.8) is 0 Å². The van der Waals surface area contributed by atoms with Crippen LogP contribution in [-0.4, -0.2) is 37.0 Å². The number of hydrogen-bond donors (Lipinski definition) is 1. The number of nitrogens with one attached hydrogen (secondary N) is 1. The SMILES string of the molecule is C=CC(=O)NCC1CCN(CC#N)CC1. The molecule has 1 N–H and O–H groups in total. The molecule has 15 heavy (non-hydrogen) atoms. The summed E-state index contributed by atoms with van der Waals surface area (Å²) in [6, 6.07) is 2.15.